The highest BCUT2D eigenvalue weighted by Gasteiger charge is 2.24. The van der Waals surface area contributed by atoms with Gasteiger partial charge in [-0.3, -0.25) is 10.1 Å². The van der Waals surface area contributed by atoms with Gasteiger partial charge in [0.25, 0.3) is 14.7 Å². The van der Waals surface area contributed by atoms with Crippen molar-refractivity contribution in [1.82, 2.24) is 0 Å². The summed E-state index contributed by atoms with van der Waals surface area (Å²) in [5, 5.41) is 10.4. The van der Waals surface area contributed by atoms with Gasteiger partial charge in [0.15, 0.2) is 0 Å². The van der Waals surface area contributed by atoms with E-state index in [1.165, 1.54) is 0 Å². The number of nitro groups is 1. The number of hydrogen-bond acceptors (Lipinski definition) is 4. The Kier molecular flexibility index (Phi) is 3.31. The summed E-state index contributed by atoms with van der Waals surface area (Å²) in [6.07, 6.45) is 0. The van der Waals surface area contributed by atoms with E-state index in [0.29, 0.717) is 12.1 Å². The average Bonchev–Trinajstić information content (AvgIpc) is 2.06. The predicted octanol–water partition coefficient (Wildman–Crippen LogP) is 2.42. The molecule has 0 aliphatic carbocycles. The van der Waals surface area contributed by atoms with Crippen molar-refractivity contribution in [2.24, 2.45) is 0 Å². The minimum Gasteiger partial charge on any atom is -0.258 e. The minimum atomic E-state index is -4.23. The lowest BCUT2D eigenvalue weighted by Crippen LogP contribution is -1.98. The smallest absolute Gasteiger partial charge is 0.258 e. The molecule has 5 nitrogen and oxygen atoms in total. The summed E-state index contributed by atoms with van der Waals surface area (Å²) < 4.78 is 34.3. The van der Waals surface area contributed by atoms with Crippen molar-refractivity contribution in [2.45, 2.75) is 4.90 Å². The Morgan fingerprint density at radius 2 is 2.00 bits per heavy atom. The standard InChI is InChI=1S/C6H2BrClFNO4S/c7-6-4(10(11)12)1-3(9)2-5(6)15(8,13)14/h1-2H. The van der Waals surface area contributed by atoms with Crippen molar-refractivity contribution in [3.05, 3.63) is 32.5 Å². The summed E-state index contributed by atoms with van der Waals surface area (Å²) >= 11 is 2.68. The van der Waals surface area contributed by atoms with Gasteiger partial charge in [-0.25, -0.2) is 12.8 Å². The van der Waals surface area contributed by atoms with E-state index in [1.807, 2.05) is 0 Å². The van der Waals surface area contributed by atoms with Crippen LogP contribution in [0.2, 0.25) is 0 Å². The molecule has 0 aliphatic heterocycles. The van der Waals surface area contributed by atoms with Crippen molar-refractivity contribution in [1.29, 1.82) is 0 Å². The molecule has 0 radical (unpaired) electrons. The van der Waals surface area contributed by atoms with Gasteiger partial charge >= 0.3 is 0 Å². The molecule has 1 aromatic carbocycles. The van der Waals surface area contributed by atoms with Gasteiger partial charge < -0.3 is 0 Å². The van der Waals surface area contributed by atoms with Crippen LogP contribution in [0.4, 0.5) is 10.1 Å². The quantitative estimate of drug-likeness (QED) is 0.476. The number of benzene rings is 1. The Bertz CT molecular complexity index is 532. The molecule has 0 aliphatic rings. The van der Waals surface area contributed by atoms with E-state index in [1.54, 1.807) is 0 Å². The summed E-state index contributed by atoms with van der Waals surface area (Å²) in [4.78, 5) is 8.84. The van der Waals surface area contributed by atoms with Crippen LogP contribution in [0.15, 0.2) is 21.5 Å². The zero-order valence-corrected chi connectivity index (χ0v) is 9.94. The molecule has 0 saturated carbocycles. The number of hydrogen-bond donors (Lipinski definition) is 0. The molecule has 9 heteroatoms. The molecule has 0 amide bonds. The number of nitrogens with zero attached hydrogens (tertiary/aromatic N) is 1. The normalized spacial score (nSPS) is 11.4. The third kappa shape index (κ3) is 2.64. The van der Waals surface area contributed by atoms with Crippen molar-refractivity contribution in [3.63, 3.8) is 0 Å². The molecule has 1 aromatic rings. The Hall–Kier alpha value is -0.730. The maximum atomic E-state index is 12.8. The largest absolute Gasteiger partial charge is 0.287 e. The molecular formula is C6H2BrClFNO4S. The Morgan fingerprint density at radius 1 is 1.47 bits per heavy atom. The van der Waals surface area contributed by atoms with Gasteiger partial charge in [-0.1, -0.05) is 0 Å². The topological polar surface area (TPSA) is 77.3 Å². The third-order valence-electron chi connectivity index (χ3n) is 1.44. The van der Waals surface area contributed by atoms with Crippen LogP contribution in [-0.4, -0.2) is 13.3 Å². The highest BCUT2D eigenvalue weighted by molar-refractivity contribution is 9.10. The number of halogens is 3. The van der Waals surface area contributed by atoms with E-state index in [-0.39, 0.29) is 4.47 Å². The van der Waals surface area contributed by atoms with Crippen molar-refractivity contribution >= 4 is 41.4 Å². The molecule has 0 atom stereocenters. The second-order valence-corrected chi connectivity index (χ2v) is 5.76. The van der Waals surface area contributed by atoms with Crippen LogP contribution >= 0.6 is 26.6 Å². The molecule has 0 saturated heterocycles. The molecule has 1 rings (SSSR count). The lowest BCUT2D eigenvalue weighted by atomic mass is 10.3. The van der Waals surface area contributed by atoms with Crippen molar-refractivity contribution in [2.75, 3.05) is 0 Å². The number of nitro benzene ring substituents is 1. The third-order valence-corrected chi connectivity index (χ3v) is 3.89. The fourth-order valence-electron chi connectivity index (χ4n) is 0.861. The molecule has 0 unspecified atom stereocenters. The Labute approximate surface area is 96.5 Å². The summed E-state index contributed by atoms with van der Waals surface area (Å²) in [5.41, 5.74) is -0.700. The lowest BCUT2D eigenvalue weighted by molar-refractivity contribution is -0.386. The Balaban J connectivity index is 3.63. The van der Waals surface area contributed by atoms with Crippen LogP contribution < -0.4 is 0 Å². The van der Waals surface area contributed by atoms with E-state index in [9.17, 15) is 22.9 Å². The van der Waals surface area contributed by atoms with E-state index < -0.39 is 30.4 Å². The monoisotopic (exact) mass is 317 g/mol. The molecule has 15 heavy (non-hydrogen) atoms. The predicted molar refractivity (Wildman–Crippen MR) is 53.8 cm³/mol. The fourth-order valence-corrected chi connectivity index (χ4v) is 3.09. The lowest BCUT2D eigenvalue weighted by Gasteiger charge is -2.01. The van der Waals surface area contributed by atoms with Gasteiger partial charge in [-0.05, 0) is 22.0 Å². The van der Waals surface area contributed by atoms with Crippen LogP contribution in [0.25, 0.3) is 0 Å². The summed E-state index contributed by atoms with van der Waals surface area (Å²) in [7, 11) is 0.734. The first-order chi connectivity index (χ1) is 6.73. The van der Waals surface area contributed by atoms with Crippen LogP contribution in [-0.2, 0) is 9.05 Å². The average molecular weight is 319 g/mol. The minimum absolute atomic E-state index is 0.371. The zero-order valence-electron chi connectivity index (χ0n) is 6.78. The van der Waals surface area contributed by atoms with Gasteiger partial charge in [0.05, 0.1) is 11.0 Å². The molecule has 0 bridgehead atoms. The molecule has 0 fully saturated rings. The summed E-state index contributed by atoms with van der Waals surface area (Å²) in [6.45, 7) is 0. The van der Waals surface area contributed by atoms with Gasteiger partial charge in [0.1, 0.15) is 15.2 Å². The molecule has 0 spiro atoms. The van der Waals surface area contributed by atoms with Crippen molar-refractivity contribution in [3.8, 4) is 0 Å². The Morgan fingerprint density at radius 3 is 2.40 bits per heavy atom. The second kappa shape index (κ2) is 4.03. The maximum Gasteiger partial charge on any atom is 0.287 e. The van der Waals surface area contributed by atoms with E-state index in [2.05, 4.69) is 15.9 Å². The first-order valence-electron chi connectivity index (χ1n) is 3.31. The summed E-state index contributed by atoms with van der Waals surface area (Å²) in [6, 6.07) is 1.19. The maximum absolute atomic E-state index is 12.8. The van der Waals surface area contributed by atoms with E-state index in [0.717, 1.165) is 0 Å². The van der Waals surface area contributed by atoms with Crippen LogP contribution in [0.5, 0.6) is 0 Å². The highest BCUT2D eigenvalue weighted by Crippen LogP contribution is 2.34. The van der Waals surface area contributed by atoms with Crippen LogP contribution in [0, 0.1) is 15.9 Å². The molecule has 0 heterocycles. The van der Waals surface area contributed by atoms with Gasteiger partial charge in [-0.15, -0.1) is 0 Å². The van der Waals surface area contributed by atoms with Gasteiger partial charge in [0, 0.05) is 10.7 Å². The first-order valence-corrected chi connectivity index (χ1v) is 6.42. The van der Waals surface area contributed by atoms with Crippen LogP contribution in [0.1, 0.15) is 0 Å². The van der Waals surface area contributed by atoms with Gasteiger partial charge in [0.2, 0.25) is 0 Å². The van der Waals surface area contributed by atoms with E-state index in [4.69, 9.17) is 10.7 Å². The first kappa shape index (κ1) is 12.3. The SMILES string of the molecule is O=[N+]([O-])c1cc(F)cc(S(=O)(=O)Cl)c1Br. The van der Waals surface area contributed by atoms with Crippen molar-refractivity contribution < 1.29 is 17.7 Å². The molecule has 0 N–H and O–H groups in total. The van der Waals surface area contributed by atoms with E-state index >= 15 is 0 Å². The number of rotatable bonds is 2. The summed E-state index contributed by atoms with van der Waals surface area (Å²) in [5.74, 6) is -1.05. The zero-order chi connectivity index (χ0) is 11.8. The second-order valence-electron chi connectivity index (χ2n) is 2.43. The molecule has 0 aromatic heterocycles. The highest BCUT2D eigenvalue weighted by atomic mass is 79.9. The molecular weight excluding hydrogens is 316 g/mol. The van der Waals surface area contributed by atoms with Gasteiger partial charge in [-0.2, -0.15) is 0 Å². The van der Waals surface area contributed by atoms with Crippen LogP contribution in [0.3, 0.4) is 0 Å². The fraction of sp³-hybridized carbons (Fsp3) is 0. The molecule has 82 valence electrons.